The van der Waals surface area contributed by atoms with E-state index in [1.54, 1.807) is 13.1 Å². The standard InChI is InChI=1S/C21H22N2O2/c1-16(21(24)23-14-6-10-19-9-4-5-13-22-19)25-20-12-11-17-7-2-3-8-18(17)15-20/h2-5,7-9,11-13,15-16H,6,10,14H2,1H3,(H,23,24)/t16-/m0/s1. The summed E-state index contributed by atoms with van der Waals surface area (Å²) < 4.78 is 5.78. The first-order valence-electron chi connectivity index (χ1n) is 8.55. The summed E-state index contributed by atoms with van der Waals surface area (Å²) >= 11 is 0. The first-order chi connectivity index (χ1) is 12.2. The topological polar surface area (TPSA) is 51.2 Å². The van der Waals surface area contributed by atoms with Crippen molar-refractivity contribution in [2.45, 2.75) is 25.9 Å². The fourth-order valence-electron chi connectivity index (χ4n) is 2.67. The van der Waals surface area contributed by atoms with Crippen LogP contribution in [0.15, 0.2) is 66.9 Å². The molecule has 0 spiro atoms. The average molecular weight is 334 g/mol. The summed E-state index contributed by atoms with van der Waals surface area (Å²) in [6, 6.07) is 19.8. The van der Waals surface area contributed by atoms with Gasteiger partial charge in [0.15, 0.2) is 6.10 Å². The molecule has 0 unspecified atom stereocenters. The Kier molecular flexibility index (Phi) is 5.62. The lowest BCUT2D eigenvalue weighted by Crippen LogP contribution is -2.36. The van der Waals surface area contributed by atoms with E-state index in [0.29, 0.717) is 12.3 Å². The van der Waals surface area contributed by atoms with E-state index in [0.717, 1.165) is 29.3 Å². The van der Waals surface area contributed by atoms with E-state index in [-0.39, 0.29) is 5.91 Å². The number of ether oxygens (including phenoxy) is 1. The monoisotopic (exact) mass is 334 g/mol. The Morgan fingerprint density at radius 1 is 1.08 bits per heavy atom. The van der Waals surface area contributed by atoms with Crippen LogP contribution in [0.4, 0.5) is 0 Å². The third-order valence-corrected chi connectivity index (χ3v) is 4.04. The van der Waals surface area contributed by atoms with Gasteiger partial charge in [0.1, 0.15) is 5.75 Å². The van der Waals surface area contributed by atoms with E-state index >= 15 is 0 Å². The van der Waals surface area contributed by atoms with E-state index in [2.05, 4.69) is 16.4 Å². The van der Waals surface area contributed by atoms with E-state index in [4.69, 9.17) is 4.74 Å². The average Bonchev–Trinajstić information content (AvgIpc) is 2.65. The molecular formula is C21H22N2O2. The van der Waals surface area contributed by atoms with Crippen LogP contribution in [0, 0.1) is 0 Å². The molecule has 1 N–H and O–H groups in total. The number of rotatable bonds is 7. The van der Waals surface area contributed by atoms with Crippen LogP contribution in [-0.2, 0) is 11.2 Å². The molecule has 25 heavy (non-hydrogen) atoms. The predicted molar refractivity (Wildman–Crippen MR) is 99.6 cm³/mol. The van der Waals surface area contributed by atoms with Crippen molar-refractivity contribution in [2.24, 2.45) is 0 Å². The summed E-state index contributed by atoms with van der Waals surface area (Å²) in [5.74, 6) is 0.601. The lowest BCUT2D eigenvalue weighted by Gasteiger charge is -2.15. The maximum absolute atomic E-state index is 12.2. The molecular weight excluding hydrogens is 312 g/mol. The first kappa shape index (κ1) is 17.0. The molecule has 0 aliphatic heterocycles. The van der Waals surface area contributed by atoms with Crippen LogP contribution in [0.1, 0.15) is 19.0 Å². The highest BCUT2D eigenvalue weighted by molar-refractivity contribution is 5.84. The minimum absolute atomic E-state index is 0.103. The number of fused-ring (bicyclic) bond motifs is 1. The van der Waals surface area contributed by atoms with Crippen molar-refractivity contribution in [3.05, 3.63) is 72.6 Å². The Hall–Kier alpha value is -2.88. The number of nitrogens with one attached hydrogen (secondary N) is 1. The molecule has 0 saturated heterocycles. The van der Waals surface area contributed by atoms with Gasteiger partial charge in [0.05, 0.1) is 0 Å². The molecule has 1 aromatic heterocycles. The number of benzene rings is 2. The quantitative estimate of drug-likeness (QED) is 0.670. The molecule has 4 heteroatoms. The van der Waals surface area contributed by atoms with Crippen molar-refractivity contribution in [3.63, 3.8) is 0 Å². The summed E-state index contributed by atoms with van der Waals surface area (Å²) in [6.07, 6.45) is 2.95. The van der Waals surface area contributed by atoms with Gasteiger partial charge in [0, 0.05) is 18.4 Å². The number of hydrogen-bond acceptors (Lipinski definition) is 3. The van der Waals surface area contributed by atoms with Gasteiger partial charge in [0.2, 0.25) is 0 Å². The van der Waals surface area contributed by atoms with Crippen LogP contribution >= 0.6 is 0 Å². The van der Waals surface area contributed by atoms with Crippen molar-refractivity contribution in [2.75, 3.05) is 6.54 Å². The number of hydrogen-bond donors (Lipinski definition) is 1. The first-order valence-corrected chi connectivity index (χ1v) is 8.55. The van der Waals surface area contributed by atoms with Gasteiger partial charge in [-0.05, 0) is 54.8 Å². The Labute approximate surface area is 147 Å². The zero-order chi connectivity index (χ0) is 17.5. The summed E-state index contributed by atoms with van der Waals surface area (Å²) in [5.41, 5.74) is 1.04. The number of carbonyl (C=O) groups is 1. The van der Waals surface area contributed by atoms with Crippen LogP contribution in [0.2, 0.25) is 0 Å². The van der Waals surface area contributed by atoms with Gasteiger partial charge in [-0.3, -0.25) is 9.78 Å². The lowest BCUT2D eigenvalue weighted by atomic mass is 10.1. The van der Waals surface area contributed by atoms with Gasteiger partial charge < -0.3 is 10.1 Å². The molecule has 0 fully saturated rings. The molecule has 0 bridgehead atoms. The summed E-state index contributed by atoms with van der Waals surface area (Å²) in [4.78, 5) is 16.4. The molecule has 1 atom stereocenters. The van der Waals surface area contributed by atoms with Crippen LogP contribution in [0.5, 0.6) is 5.75 Å². The van der Waals surface area contributed by atoms with Crippen LogP contribution in [-0.4, -0.2) is 23.5 Å². The number of aromatic nitrogens is 1. The zero-order valence-electron chi connectivity index (χ0n) is 14.3. The van der Waals surface area contributed by atoms with E-state index in [1.807, 2.05) is 54.6 Å². The van der Waals surface area contributed by atoms with Gasteiger partial charge in [-0.1, -0.05) is 36.4 Å². The maximum Gasteiger partial charge on any atom is 0.260 e. The van der Waals surface area contributed by atoms with Crippen LogP contribution < -0.4 is 10.1 Å². The maximum atomic E-state index is 12.2. The number of pyridine rings is 1. The number of aryl methyl sites for hydroxylation is 1. The Morgan fingerprint density at radius 3 is 2.68 bits per heavy atom. The van der Waals surface area contributed by atoms with Crippen LogP contribution in [0.25, 0.3) is 10.8 Å². The van der Waals surface area contributed by atoms with Crippen molar-refractivity contribution >= 4 is 16.7 Å². The van der Waals surface area contributed by atoms with Crippen molar-refractivity contribution < 1.29 is 9.53 Å². The summed E-state index contributed by atoms with van der Waals surface area (Å²) in [7, 11) is 0. The minimum atomic E-state index is -0.531. The third-order valence-electron chi connectivity index (χ3n) is 4.04. The molecule has 0 aliphatic carbocycles. The largest absolute Gasteiger partial charge is 0.481 e. The highest BCUT2D eigenvalue weighted by Crippen LogP contribution is 2.21. The molecule has 128 valence electrons. The SMILES string of the molecule is C[C@H](Oc1ccc2ccccc2c1)C(=O)NCCCc1ccccn1. The van der Waals surface area contributed by atoms with Gasteiger partial charge in [-0.25, -0.2) is 0 Å². The highest BCUT2D eigenvalue weighted by atomic mass is 16.5. The molecule has 0 aliphatic rings. The fraction of sp³-hybridized carbons (Fsp3) is 0.238. The molecule has 0 saturated carbocycles. The van der Waals surface area contributed by atoms with Gasteiger partial charge >= 0.3 is 0 Å². The highest BCUT2D eigenvalue weighted by Gasteiger charge is 2.14. The molecule has 4 nitrogen and oxygen atoms in total. The predicted octanol–water partition coefficient (Wildman–Crippen LogP) is 3.75. The second-order valence-corrected chi connectivity index (χ2v) is 5.98. The van der Waals surface area contributed by atoms with Gasteiger partial charge in [0.25, 0.3) is 5.91 Å². The Morgan fingerprint density at radius 2 is 1.88 bits per heavy atom. The Balaban J connectivity index is 1.46. The van der Waals surface area contributed by atoms with Gasteiger partial charge in [-0.15, -0.1) is 0 Å². The van der Waals surface area contributed by atoms with Crippen molar-refractivity contribution in [1.29, 1.82) is 0 Å². The summed E-state index contributed by atoms with van der Waals surface area (Å²) in [6.45, 7) is 2.38. The molecule has 3 aromatic rings. The van der Waals surface area contributed by atoms with Crippen molar-refractivity contribution in [3.8, 4) is 5.75 Å². The number of amides is 1. The summed E-state index contributed by atoms with van der Waals surface area (Å²) in [5, 5.41) is 5.17. The molecule has 1 heterocycles. The smallest absolute Gasteiger partial charge is 0.260 e. The second-order valence-electron chi connectivity index (χ2n) is 5.98. The third kappa shape index (κ3) is 4.80. The molecule has 2 aromatic carbocycles. The molecule has 3 rings (SSSR count). The second kappa shape index (κ2) is 8.29. The number of nitrogens with zero attached hydrogens (tertiary/aromatic N) is 1. The molecule has 1 amide bonds. The van der Waals surface area contributed by atoms with Crippen LogP contribution in [0.3, 0.4) is 0 Å². The van der Waals surface area contributed by atoms with E-state index in [1.165, 1.54) is 0 Å². The fourth-order valence-corrected chi connectivity index (χ4v) is 2.67. The number of carbonyl (C=O) groups excluding carboxylic acids is 1. The van der Waals surface area contributed by atoms with E-state index in [9.17, 15) is 4.79 Å². The van der Waals surface area contributed by atoms with Gasteiger partial charge in [-0.2, -0.15) is 0 Å². The molecule has 0 radical (unpaired) electrons. The normalized spacial score (nSPS) is 11.9. The van der Waals surface area contributed by atoms with Crippen molar-refractivity contribution in [1.82, 2.24) is 10.3 Å². The Bertz CT molecular complexity index is 833. The zero-order valence-corrected chi connectivity index (χ0v) is 14.3. The minimum Gasteiger partial charge on any atom is -0.481 e. The van der Waals surface area contributed by atoms with E-state index < -0.39 is 6.10 Å². The lowest BCUT2D eigenvalue weighted by molar-refractivity contribution is -0.127.